The summed E-state index contributed by atoms with van der Waals surface area (Å²) in [6.45, 7) is 3.40. The number of anilines is 2. The van der Waals surface area contributed by atoms with E-state index in [4.69, 9.17) is 5.73 Å². The van der Waals surface area contributed by atoms with Crippen molar-refractivity contribution < 1.29 is 14.4 Å². The Kier molecular flexibility index (Phi) is 5.91. The van der Waals surface area contributed by atoms with Crippen LogP contribution in [0.25, 0.3) is 10.8 Å². The lowest BCUT2D eigenvalue weighted by atomic mass is 9.83. The minimum absolute atomic E-state index is 0.0392. The molecule has 4 rings (SSSR count). The van der Waals surface area contributed by atoms with Gasteiger partial charge in [0.2, 0.25) is 17.7 Å². The van der Waals surface area contributed by atoms with E-state index in [-0.39, 0.29) is 24.9 Å². The highest BCUT2D eigenvalue weighted by atomic mass is 16.2. The van der Waals surface area contributed by atoms with Gasteiger partial charge in [-0.05, 0) is 42.4 Å². The molecule has 0 radical (unpaired) electrons. The number of likely N-dealkylation sites (N-methyl/N-ethyl adjacent to an activating group) is 1. The molecule has 0 bridgehead atoms. The minimum atomic E-state index is -1.34. The number of carbonyl (C=O) groups excluding carboxylic acids is 3. The van der Waals surface area contributed by atoms with Crippen LogP contribution in [0.15, 0.2) is 66.7 Å². The number of amides is 3. The molecule has 33 heavy (non-hydrogen) atoms. The van der Waals surface area contributed by atoms with Gasteiger partial charge in [0.1, 0.15) is 5.54 Å². The molecular formula is C26H28N4O3. The number of rotatable bonds is 5. The number of para-hydroxylation sites is 2. The molecule has 7 heteroatoms. The Balaban J connectivity index is 1.90. The molecule has 1 unspecified atom stereocenters. The molecule has 3 aromatic carbocycles. The molecule has 0 aliphatic carbocycles. The first-order chi connectivity index (χ1) is 15.8. The van der Waals surface area contributed by atoms with Gasteiger partial charge in [-0.3, -0.25) is 14.4 Å². The Labute approximate surface area is 193 Å². The summed E-state index contributed by atoms with van der Waals surface area (Å²) < 4.78 is 0. The van der Waals surface area contributed by atoms with Crippen molar-refractivity contribution in [2.75, 3.05) is 23.4 Å². The predicted molar refractivity (Wildman–Crippen MR) is 130 cm³/mol. The van der Waals surface area contributed by atoms with Crippen LogP contribution in [0.4, 0.5) is 11.4 Å². The Hall–Kier alpha value is -3.71. The Bertz CT molecular complexity index is 1240. The summed E-state index contributed by atoms with van der Waals surface area (Å²) in [4.78, 5) is 42.4. The van der Waals surface area contributed by atoms with Crippen molar-refractivity contribution in [3.8, 4) is 0 Å². The van der Waals surface area contributed by atoms with Gasteiger partial charge in [0, 0.05) is 13.5 Å². The molecule has 1 aliphatic heterocycles. The second kappa shape index (κ2) is 8.67. The van der Waals surface area contributed by atoms with Crippen molar-refractivity contribution in [2.24, 2.45) is 11.7 Å². The Morgan fingerprint density at radius 2 is 1.67 bits per heavy atom. The third-order valence-corrected chi connectivity index (χ3v) is 6.71. The van der Waals surface area contributed by atoms with Gasteiger partial charge < -0.3 is 20.9 Å². The van der Waals surface area contributed by atoms with Gasteiger partial charge in [-0.25, -0.2) is 0 Å². The van der Waals surface area contributed by atoms with Gasteiger partial charge in [0.25, 0.3) is 0 Å². The number of nitrogens with two attached hydrogens (primary N) is 1. The Morgan fingerprint density at radius 1 is 1.03 bits per heavy atom. The number of hydrogen-bond donors (Lipinski definition) is 2. The summed E-state index contributed by atoms with van der Waals surface area (Å²) in [6, 6.07) is 21.3. The third-order valence-electron chi connectivity index (χ3n) is 6.71. The fraction of sp³-hybridized carbons (Fsp3) is 0.269. The van der Waals surface area contributed by atoms with Crippen molar-refractivity contribution in [2.45, 2.75) is 25.9 Å². The number of fused-ring (bicyclic) bond motifs is 2. The van der Waals surface area contributed by atoms with Gasteiger partial charge in [-0.15, -0.1) is 0 Å². The molecular weight excluding hydrogens is 416 g/mol. The van der Waals surface area contributed by atoms with Crippen LogP contribution in [-0.4, -0.2) is 36.9 Å². The predicted octanol–water partition coefficient (Wildman–Crippen LogP) is 2.82. The normalized spacial score (nSPS) is 17.9. The molecule has 3 aromatic rings. The summed E-state index contributed by atoms with van der Waals surface area (Å²) in [5.41, 5.74) is 6.62. The van der Waals surface area contributed by atoms with E-state index < -0.39 is 17.4 Å². The van der Waals surface area contributed by atoms with Gasteiger partial charge in [-0.2, -0.15) is 0 Å². The first-order valence-corrected chi connectivity index (χ1v) is 10.9. The van der Waals surface area contributed by atoms with Gasteiger partial charge >= 0.3 is 0 Å². The second-order valence-corrected chi connectivity index (χ2v) is 8.55. The largest absolute Gasteiger partial charge is 0.368 e. The van der Waals surface area contributed by atoms with Crippen molar-refractivity contribution in [1.29, 1.82) is 0 Å². The lowest BCUT2D eigenvalue weighted by Gasteiger charge is -2.36. The van der Waals surface area contributed by atoms with Gasteiger partial charge in [0.05, 0.1) is 23.8 Å². The molecule has 0 spiro atoms. The summed E-state index contributed by atoms with van der Waals surface area (Å²) in [5, 5.41) is 5.06. The summed E-state index contributed by atoms with van der Waals surface area (Å²) in [5.74, 6) is -2.01. The smallest absolute Gasteiger partial charge is 0.238 e. The van der Waals surface area contributed by atoms with Gasteiger partial charge in [-0.1, -0.05) is 54.6 Å². The van der Waals surface area contributed by atoms with Crippen LogP contribution in [-0.2, 0) is 20.9 Å². The van der Waals surface area contributed by atoms with E-state index in [0.29, 0.717) is 11.4 Å². The summed E-state index contributed by atoms with van der Waals surface area (Å²) in [6.07, 6.45) is 0. The maximum Gasteiger partial charge on any atom is 0.238 e. The fourth-order valence-corrected chi connectivity index (χ4v) is 4.55. The van der Waals surface area contributed by atoms with Crippen LogP contribution in [0, 0.1) is 5.92 Å². The van der Waals surface area contributed by atoms with Crippen molar-refractivity contribution >= 4 is 39.9 Å². The summed E-state index contributed by atoms with van der Waals surface area (Å²) >= 11 is 0. The van der Waals surface area contributed by atoms with E-state index >= 15 is 0 Å². The molecule has 0 saturated heterocycles. The summed E-state index contributed by atoms with van der Waals surface area (Å²) in [7, 11) is 1.60. The number of nitrogens with one attached hydrogen (secondary N) is 1. The quantitative estimate of drug-likeness (QED) is 0.633. The van der Waals surface area contributed by atoms with Crippen LogP contribution >= 0.6 is 0 Å². The Morgan fingerprint density at radius 3 is 2.33 bits per heavy atom. The van der Waals surface area contributed by atoms with Crippen molar-refractivity contribution in [3.05, 3.63) is 72.3 Å². The van der Waals surface area contributed by atoms with Crippen LogP contribution in [0.5, 0.6) is 0 Å². The second-order valence-electron chi connectivity index (χ2n) is 8.55. The zero-order chi connectivity index (χ0) is 23.8. The van der Waals surface area contributed by atoms with E-state index in [0.717, 1.165) is 16.3 Å². The van der Waals surface area contributed by atoms with E-state index in [1.54, 1.807) is 23.8 Å². The lowest BCUT2D eigenvalue weighted by molar-refractivity contribution is -0.133. The standard InChI is InChI=1S/C26H28N4O3/c1-17(31)29-16-21(26(2,28-3)25(27)33)24(32)30(23-14-7-6-13-22(23)29)15-19-11-8-10-18-9-4-5-12-20(18)19/h4-14,21,28H,15-16H2,1-3H3,(H2,27,33)/t21-,26?/m1/s1. The fourth-order valence-electron chi connectivity index (χ4n) is 4.55. The maximum atomic E-state index is 14.1. The molecule has 1 aliphatic rings. The first-order valence-electron chi connectivity index (χ1n) is 10.9. The number of hydrogen-bond acceptors (Lipinski definition) is 4. The van der Waals surface area contributed by atoms with Crippen molar-refractivity contribution in [1.82, 2.24) is 5.32 Å². The number of benzene rings is 3. The van der Waals surface area contributed by atoms with Crippen LogP contribution in [0.1, 0.15) is 19.4 Å². The monoisotopic (exact) mass is 444 g/mol. The zero-order valence-electron chi connectivity index (χ0n) is 19.0. The van der Waals surface area contributed by atoms with Crippen LogP contribution in [0.2, 0.25) is 0 Å². The SMILES string of the molecule is CNC(C)(C(N)=O)[C@@H]1CN(C(C)=O)c2ccccc2N(Cc2cccc3ccccc23)C1=O. The molecule has 7 nitrogen and oxygen atoms in total. The molecule has 0 aromatic heterocycles. The highest BCUT2D eigenvalue weighted by Gasteiger charge is 2.48. The van der Waals surface area contributed by atoms with Crippen molar-refractivity contribution in [3.63, 3.8) is 0 Å². The zero-order valence-corrected chi connectivity index (χ0v) is 19.0. The minimum Gasteiger partial charge on any atom is -0.368 e. The average Bonchev–Trinajstić information content (AvgIpc) is 2.94. The molecule has 2 atom stereocenters. The van der Waals surface area contributed by atoms with E-state index in [2.05, 4.69) is 5.32 Å². The number of carbonyl (C=O) groups is 3. The highest BCUT2D eigenvalue weighted by molar-refractivity contribution is 6.08. The molecule has 3 N–H and O–H groups in total. The molecule has 170 valence electrons. The molecule has 1 heterocycles. The molecule has 0 saturated carbocycles. The number of nitrogens with zero attached hydrogens (tertiary/aromatic N) is 2. The molecule has 3 amide bonds. The van der Waals surface area contributed by atoms with Crippen LogP contribution < -0.4 is 20.9 Å². The topological polar surface area (TPSA) is 95.7 Å². The maximum absolute atomic E-state index is 14.1. The number of primary amides is 1. The van der Waals surface area contributed by atoms with E-state index in [9.17, 15) is 14.4 Å². The molecule has 0 fully saturated rings. The van der Waals surface area contributed by atoms with Crippen LogP contribution in [0.3, 0.4) is 0 Å². The van der Waals surface area contributed by atoms with Gasteiger partial charge in [0.15, 0.2) is 0 Å². The van der Waals surface area contributed by atoms with E-state index in [1.165, 1.54) is 6.92 Å². The highest BCUT2D eigenvalue weighted by Crippen LogP contribution is 2.38. The first kappa shape index (κ1) is 22.5. The average molecular weight is 445 g/mol. The van der Waals surface area contributed by atoms with E-state index in [1.807, 2.05) is 66.7 Å². The lowest BCUT2D eigenvalue weighted by Crippen LogP contribution is -2.63. The third kappa shape index (κ3) is 3.85.